The molecule has 3 fully saturated rings. The van der Waals surface area contributed by atoms with Crippen LogP contribution in [0.4, 0.5) is 0 Å². The first kappa shape index (κ1) is 23.5. The number of carbonyl (C=O) groups is 3. The minimum atomic E-state index is -0.935. The van der Waals surface area contributed by atoms with Crippen molar-refractivity contribution in [2.45, 2.75) is 57.5 Å². The fourth-order valence-electron chi connectivity index (χ4n) is 3.95. The van der Waals surface area contributed by atoms with Crippen molar-refractivity contribution in [3.8, 4) is 5.75 Å². The molecule has 5 atom stereocenters. The van der Waals surface area contributed by atoms with E-state index in [0.29, 0.717) is 18.4 Å². The van der Waals surface area contributed by atoms with Crippen molar-refractivity contribution >= 4 is 17.9 Å². The molecule has 3 aliphatic heterocycles. The van der Waals surface area contributed by atoms with Crippen LogP contribution in [-0.2, 0) is 41.4 Å². The summed E-state index contributed by atoms with van der Waals surface area (Å²) in [6.07, 6.45) is 4.35. The van der Waals surface area contributed by atoms with E-state index in [1.165, 1.54) is 6.92 Å². The lowest BCUT2D eigenvalue weighted by molar-refractivity contribution is -0.144. The summed E-state index contributed by atoms with van der Waals surface area (Å²) in [5, 5.41) is 17.2. The molecule has 0 aromatic heterocycles. The third kappa shape index (κ3) is 5.37. The van der Waals surface area contributed by atoms with Crippen molar-refractivity contribution in [2.24, 2.45) is 5.92 Å². The predicted molar refractivity (Wildman–Crippen MR) is 114 cm³/mol. The lowest BCUT2D eigenvalue weighted by atomic mass is 9.90. The Balaban J connectivity index is 0.000000153. The normalized spacial score (nSPS) is 27.8. The molecule has 171 valence electrons. The summed E-state index contributed by atoms with van der Waals surface area (Å²) in [5.74, 6) is -1.03. The Hall–Kier alpha value is -3.13. The summed E-state index contributed by atoms with van der Waals surface area (Å²) in [6.45, 7) is 9.78. The number of phenolic OH excluding ortho intramolecular Hbond substituents is 1. The van der Waals surface area contributed by atoms with Gasteiger partial charge in [0.25, 0.3) is 0 Å². The molecule has 4 aliphatic rings. The topological polar surface area (TPSA) is 119 Å². The highest BCUT2D eigenvalue weighted by Gasteiger charge is 2.58. The van der Waals surface area contributed by atoms with E-state index in [1.54, 1.807) is 19.1 Å². The summed E-state index contributed by atoms with van der Waals surface area (Å²) in [6, 6.07) is 5.25. The summed E-state index contributed by atoms with van der Waals surface area (Å²) < 4.78 is 15.7. The Morgan fingerprint density at radius 3 is 2.31 bits per heavy atom. The molecular formula is C24H27O8. The molecule has 3 saturated heterocycles. The highest BCUT2D eigenvalue weighted by Crippen LogP contribution is 2.45. The first-order valence-corrected chi connectivity index (χ1v) is 10.3. The van der Waals surface area contributed by atoms with Crippen molar-refractivity contribution in [1.29, 1.82) is 0 Å². The largest absolute Gasteiger partial charge is 0.508 e. The van der Waals surface area contributed by atoms with Gasteiger partial charge >= 0.3 is 17.9 Å². The van der Waals surface area contributed by atoms with Crippen molar-refractivity contribution < 1.29 is 38.8 Å². The van der Waals surface area contributed by atoms with Crippen LogP contribution in [0.2, 0.25) is 0 Å². The summed E-state index contributed by atoms with van der Waals surface area (Å²) in [5.41, 5.74) is 2.78. The zero-order chi connectivity index (χ0) is 23.6. The van der Waals surface area contributed by atoms with Gasteiger partial charge in [-0.2, -0.15) is 0 Å². The standard InChI is InChI=1S/C13H14O3.C7H7O3.C4H6O2/c1-8(2)13(15)16-12-6-9-3-4-11(14)5-10(9)7-12;8-7-4-1-3-2-5(10-7)6(4)9-3;1-3(2)4(5)6/h3-5,12,14H,1,6-7H2,2H3;2-6H,1H2;1H2,2H3,(H,5,6). The van der Waals surface area contributed by atoms with Gasteiger partial charge in [-0.25, -0.2) is 9.59 Å². The number of hydrogen-bond donors (Lipinski definition) is 2. The van der Waals surface area contributed by atoms with E-state index in [2.05, 4.69) is 13.2 Å². The van der Waals surface area contributed by atoms with Gasteiger partial charge in [-0.1, -0.05) is 19.2 Å². The van der Waals surface area contributed by atoms with Crippen molar-refractivity contribution in [2.75, 3.05) is 0 Å². The second-order valence-corrected chi connectivity index (χ2v) is 8.33. The van der Waals surface area contributed by atoms with E-state index in [9.17, 15) is 19.5 Å². The molecule has 0 spiro atoms. The molecule has 1 aromatic carbocycles. The van der Waals surface area contributed by atoms with Crippen LogP contribution in [0, 0.1) is 12.3 Å². The number of carbonyl (C=O) groups excluding carboxylic acids is 2. The van der Waals surface area contributed by atoms with Crippen LogP contribution in [0.5, 0.6) is 5.75 Å². The van der Waals surface area contributed by atoms with Gasteiger partial charge in [0.1, 0.15) is 24.1 Å². The first-order chi connectivity index (χ1) is 15.0. The van der Waals surface area contributed by atoms with Gasteiger partial charge in [-0.15, -0.1) is 0 Å². The van der Waals surface area contributed by atoms with Crippen molar-refractivity contribution in [1.82, 2.24) is 0 Å². The number of carboxylic acids is 1. The fraction of sp³-hybridized carbons (Fsp3) is 0.417. The van der Waals surface area contributed by atoms with Gasteiger partial charge in [0.15, 0.2) is 0 Å². The quantitative estimate of drug-likeness (QED) is 0.540. The smallest absolute Gasteiger partial charge is 0.333 e. The SMILES string of the molecule is C=C(C)C(=O)O.C=C(C)C(=O)OC1Cc2ccc(O)cc2C1.O=C1OC2[CH]C3CC1C2O3. The Morgan fingerprint density at radius 1 is 1.12 bits per heavy atom. The van der Waals surface area contributed by atoms with Crippen molar-refractivity contribution in [3.63, 3.8) is 0 Å². The fourth-order valence-corrected chi connectivity index (χ4v) is 3.95. The van der Waals surface area contributed by atoms with Gasteiger partial charge in [0.05, 0.1) is 12.0 Å². The number of hydrogen-bond acceptors (Lipinski definition) is 7. The molecule has 1 radical (unpaired) electrons. The molecule has 5 unspecified atom stereocenters. The summed E-state index contributed by atoms with van der Waals surface area (Å²) in [4.78, 5) is 31.9. The molecule has 5 rings (SSSR count). The van der Waals surface area contributed by atoms with E-state index in [0.717, 1.165) is 17.5 Å². The minimum Gasteiger partial charge on any atom is -0.508 e. The number of aromatic hydroxyl groups is 1. The van der Waals surface area contributed by atoms with Crippen LogP contribution >= 0.6 is 0 Å². The summed E-state index contributed by atoms with van der Waals surface area (Å²) in [7, 11) is 0. The van der Waals surface area contributed by atoms with Gasteiger partial charge < -0.3 is 24.4 Å². The monoisotopic (exact) mass is 443 g/mol. The van der Waals surface area contributed by atoms with Crippen LogP contribution in [0.25, 0.3) is 0 Å². The van der Waals surface area contributed by atoms with Gasteiger partial charge in [0.2, 0.25) is 0 Å². The van der Waals surface area contributed by atoms with Crippen LogP contribution < -0.4 is 0 Å². The number of carboxylic acid groups (broad SMARTS) is 1. The van der Waals surface area contributed by atoms with Gasteiger partial charge in [-0.05, 0) is 43.5 Å². The zero-order valence-corrected chi connectivity index (χ0v) is 18.1. The van der Waals surface area contributed by atoms with E-state index in [4.69, 9.17) is 19.3 Å². The molecule has 2 bridgehead atoms. The van der Waals surface area contributed by atoms with E-state index in [-0.39, 0.29) is 53.6 Å². The van der Waals surface area contributed by atoms with Crippen LogP contribution in [0.15, 0.2) is 42.5 Å². The minimum absolute atomic E-state index is 0.0174. The highest BCUT2D eigenvalue weighted by molar-refractivity contribution is 5.87. The second kappa shape index (κ2) is 9.56. The van der Waals surface area contributed by atoms with Crippen LogP contribution in [0.1, 0.15) is 31.4 Å². The number of fused-ring (bicyclic) bond motifs is 2. The van der Waals surface area contributed by atoms with Gasteiger partial charge in [-0.3, -0.25) is 4.79 Å². The molecule has 1 aromatic rings. The molecule has 8 nitrogen and oxygen atoms in total. The van der Waals surface area contributed by atoms with Crippen LogP contribution in [0.3, 0.4) is 0 Å². The average molecular weight is 443 g/mol. The molecule has 3 heterocycles. The average Bonchev–Trinajstić information content (AvgIpc) is 3.43. The second-order valence-electron chi connectivity index (χ2n) is 8.33. The van der Waals surface area contributed by atoms with E-state index >= 15 is 0 Å². The number of ether oxygens (including phenoxy) is 3. The van der Waals surface area contributed by atoms with Crippen molar-refractivity contribution in [3.05, 3.63) is 60.1 Å². The lowest BCUT2D eigenvalue weighted by Gasteiger charge is -2.10. The molecule has 0 saturated carbocycles. The van der Waals surface area contributed by atoms with E-state index in [1.807, 2.05) is 12.5 Å². The van der Waals surface area contributed by atoms with Crippen LogP contribution in [-0.4, -0.2) is 52.5 Å². The maximum atomic E-state index is 11.3. The first-order valence-electron chi connectivity index (χ1n) is 10.3. The highest BCUT2D eigenvalue weighted by atomic mass is 16.6. The Morgan fingerprint density at radius 2 is 1.78 bits per heavy atom. The molecule has 1 aliphatic carbocycles. The van der Waals surface area contributed by atoms with E-state index < -0.39 is 5.97 Å². The number of benzene rings is 1. The number of rotatable bonds is 3. The Bertz CT molecular complexity index is 935. The zero-order valence-electron chi connectivity index (χ0n) is 18.1. The van der Waals surface area contributed by atoms with Gasteiger partial charge in [0, 0.05) is 30.4 Å². The molecule has 8 heteroatoms. The predicted octanol–water partition coefficient (Wildman–Crippen LogP) is 2.53. The number of esters is 2. The molecule has 2 N–H and O–H groups in total. The lowest BCUT2D eigenvalue weighted by Crippen LogP contribution is -2.22. The number of aliphatic carboxylic acids is 1. The third-order valence-corrected chi connectivity index (χ3v) is 5.57. The Labute approximate surface area is 186 Å². The Kier molecular flexibility index (Phi) is 7.03. The summed E-state index contributed by atoms with van der Waals surface area (Å²) >= 11 is 0. The third-order valence-electron chi connectivity index (χ3n) is 5.57. The molecule has 32 heavy (non-hydrogen) atoms. The molecular weight excluding hydrogens is 416 g/mol. The number of phenols is 1. The maximum Gasteiger partial charge on any atom is 0.333 e. The maximum absolute atomic E-state index is 11.3. The molecule has 0 amide bonds.